The molecule has 1 N–H and O–H groups in total. The predicted octanol–water partition coefficient (Wildman–Crippen LogP) is -1.55. The normalized spacial score (nSPS) is 10.1. The fraction of sp³-hybridized carbons (Fsp3) is 0.600. The summed E-state index contributed by atoms with van der Waals surface area (Å²) in [7, 11) is 0. The molecule has 1 amide bonds. The number of carbonyl (C=O) groups is 1. The number of carbonyl (C=O) groups excluding carboxylic acids is 1. The van der Waals surface area contributed by atoms with Gasteiger partial charge >= 0.3 is 0 Å². The molecular formula is C15H25ClN2O4. The molecule has 6 nitrogen and oxygen atoms in total. The highest BCUT2D eigenvalue weighted by molar-refractivity contribution is 5.93. The summed E-state index contributed by atoms with van der Waals surface area (Å²) >= 11 is 0. The molecule has 0 aliphatic rings. The maximum Gasteiger partial charge on any atom is 0.259 e. The average molecular weight is 333 g/mol. The average Bonchev–Trinajstić information content (AvgIpc) is 2.51. The molecule has 1 rings (SSSR count). The maximum absolute atomic E-state index is 11.9. The zero-order chi connectivity index (χ0) is 15.3. The minimum atomic E-state index is -0.185. The lowest BCUT2D eigenvalue weighted by molar-refractivity contribution is -0.732. The number of halogens is 1. The third kappa shape index (κ3) is 8.94. The number of hydrogen-bond acceptors (Lipinski definition) is 4. The summed E-state index contributed by atoms with van der Waals surface area (Å²) in [6, 6.07) is 3.56. The van der Waals surface area contributed by atoms with Crippen molar-refractivity contribution >= 4 is 5.91 Å². The molecule has 1 aromatic heterocycles. The first-order chi connectivity index (χ1) is 10.3. The zero-order valence-electron chi connectivity index (χ0n) is 13.2. The van der Waals surface area contributed by atoms with E-state index in [0.717, 1.165) is 12.8 Å². The largest absolute Gasteiger partial charge is 1.00 e. The van der Waals surface area contributed by atoms with Gasteiger partial charge in [0.05, 0.1) is 6.61 Å². The van der Waals surface area contributed by atoms with Crippen molar-refractivity contribution in [3.63, 3.8) is 0 Å². The molecule has 0 atom stereocenters. The van der Waals surface area contributed by atoms with Crippen molar-refractivity contribution in [3.05, 3.63) is 30.1 Å². The van der Waals surface area contributed by atoms with Crippen molar-refractivity contribution in [2.45, 2.75) is 33.4 Å². The Bertz CT molecular complexity index is 418. The minimum Gasteiger partial charge on any atom is -1.00 e. The Morgan fingerprint density at radius 3 is 2.64 bits per heavy atom. The fourth-order valence-corrected chi connectivity index (χ4v) is 1.57. The molecule has 0 bridgehead atoms. The van der Waals surface area contributed by atoms with E-state index in [2.05, 4.69) is 12.2 Å². The van der Waals surface area contributed by atoms with Crippen molar-refractivity contribution in [2.24, 2.45) is 0 Å². The second-order valence-corrected chi connectivity index (χ2v) is 4.52. The predicted molar refractivity (Wildman–Crippen MR) is 77.4 cm³/mol. The summed E-state index contributed by atoms with van der Waals surface area (Å²) in [4.78, 5) is 11.9. The minimum absolute atomic E-state index is 0. The molecule has 0 saturated heterocycles. The third-order valence-electron chi connectivity index (χ3n) is 2.56. The second kappa shape index (κ2) is 13.5. The number of aromatic nitrogens is 1. The van der Waals surface area contributed by atoms with Crippen LogP contribution < -0.4 is 22.3 Å². The molecule has 22 heavy (non-hydrogen) atoms. The fourth-order valence-electron chi connectivity index (χ4n) is 1.57. The number of ether oxygens (including phenoxy) is 3. The van der Waals surface area contributed by atoms with Gasteiger partial charge in [-0.2, -0.15) is 4.57 Å². The first kappa shape index (κ1) is 20.8. The lowest BCUT2D eigenvalue weighted by Crippen LogP contribution is -3.00. The van der Waals surface area contributed by atoms with E-state index in [1.807, 2.05) is 23.8 Å². The van der Waals surface area contributed by atoms with Crippen LogP contribution in [0.2, 0.25) is 0 Å². The van der Waals surface area contributed by atoms with Gasteiger partial charge in [-0.25, -0.2) is 0 Å². The Balaban J connectivity index is 0.00000441. The first-order valence-electron chi connectivity index (χ1n) is 7.28. The molecule has 1 heterocycles. The molecule has 0 saturated carbocycles. The summed E-state index contributed by atoms with van der Waals surface area (Å²) in [5.74, 6) is -0.185. The van der Waals surface area contributed by atoms with Crippen LogP contribution in [0.4, 0.5) is 0 Å². The van der Waals surface area contributed by atoms with E-state index < -0.39 is 0 Å². The molecule has 0 aromatic carbocycles. The van der Waals surface area contributed by atoms with Gasteiger partial charge in [-0.3, -0.25) is 4.79 Å². The molecule has 0 fully saturated rings. The van der Waals surface area contributed by atoms with Crippen LogP contribution in [0.15, 0.2) is 24.5 Å². The highest BCUT2D eigenvalue weighted by atomic mass is 35.5. The molecule has 7 heteroatoms. The van der Waals surface area contributed by atoms with Crippen molar-refractivity contribution in [1.82, 2.24) is 5.32 Å². The lowest BCUT2D eigenvalue weighted by atomic mass is 10.3. The number of rotatable bonds is 11. The summed E-state index contributed by atoms with van der Waals surface area (Å²) in [5, 5.41) is 2.68. The van der Waals surface area contributed by atoms with E-state index in [9.17, 15) is 4.79 Å². The van der Waals surface area contributed by atoms with Crippen LogP contribution in [-0.4, -0.2) is 32.6 Å². The van der Waals surface area contributed by atoms with Gasteiger partial charge in [0.2, 0.25) is 0 Å². The van der Waals surface area contributed by atoms with Gasteiger partial charge in [0, 0.05) is 12.7 Å². The number of pyridine rings is 1. The van der Waals surface area contributed by atoms with Crippen LogP contribution in [0.25, 0.3) is 0 Å². The van der Waals surface area contributed by atoms with E-state index in [0.29, 0.717) is 25.5 Å². The van der Waals surface area contributed by atoms with E-state index in [1.165, 1.54) is 0 Å². The number of nitrogens with one attached hydrogen (secondary N) is 1. The third-order valence-corrected chi connectivity index (χ3v) is 2.56. The summed E-state index contributed by atoms with van der Waals surface area (Å²) < 4.78 is 17.6. The summed E-state index contributed by atoms with van der Waals surface area (Å²) in [5.41, 5.74) is 0.565. The molecule has 0 aliphatic heterocycles. The van der Waals surface area contributed by atoms with Crippen molar-refractivity contribution in [3.8, 4) is 0 Å². The SMILES string of the molecule is CCCOCOCNC(=O)c1ccc[n+](COCCC)c1.[Cl-]. The molecule has 0 unspecified atom stereocenters. The van der Waals surface area contributed by atoms with Gasteiger partial charge in [-0.15, -0.1) is 0 Å². The van der Waals surface area contributed by atoms with Gasteiger partial charge in [0.15, 0.2) is 12.4 Å². The molecule has 1 aromatic rings. The lowest BCUT2D eigenvalue weighted by Gasteiger charge is -2.06. The van der Waals surface area contributed by atoms with E-state index in [4.69, 9.17) is 14.2 Å². The van der Waals surface area contributed by atoms with Crippen LogP contribution >= 0.6 is 0 Å². The monoisotopic (exact) mass is 332 g/mol. The number of hydrogen-bond donors (Lipinski definition) is 1. The van der Waals surface area contributed by atoms with Crippen molar-refractivity contribution in [2.75, 3.05) is 26.7 Å². The Morgan fingerprint density at radius 1 is 1.18 bits per heavy atom. The topological polar surface area (TPSA) is 60.7 Å². The Labute approximate surface area is 138 Å². The quantitative estimate of drug-likeness (QED) is 0.303. The highest BCUT2D eigenvalue weighted by Crippen LogP contribution is 1.94. The van der Waals surface area contributed by atoms with E-state index >= 15 is 0 Å². The zero-order valence-corrected chi connectivity index (χ0v) is 14.0. The Morgan fingerprint density at radius 2 is 1.91 bits per heavy atom. The maximum atomic E-state index is 11.9. The van der Waals surface area contributed by atoms with E-state index in [-0.39, 0.29) is 31.8 Å². The smallest absolute Gasteiger partial charge is 0.259 e. The van der Waals surface area contributed by atoms with Crippen LogP contribution in [-0.2, 0) is 20.9 Å². The van der Waals surface area contributed by atoms with Gasteiger partial charge < -0.3 is 31.9 Å². The van der Waals surface area contributed by atoms with Crippen LogP contribution in [0.1, 0.15) is 37.0 Å². The molecule has 126 valence electrons. The number of amides is 1. The van der Waals surface area contributed by atoms with Crippen LogP contribution in [0, 0.1) is 0 Å². The first-order valence-corrected chi connectivity index (χ1v) is 7.28. The molecule has 0 radical (unpaired) electrons. The Hall–Kier alpha value is -1.21. The van der Waals surface area contributed by atoms with E-state index in [1.54, 1.807) is 12.3 Å². The van der Waals surface area contributed by atoms with Gasteiger partial charge in [0.25, 0.3) is 12.6 Å². The summed E-state index contributed by atoms with van der Waals surface area (Å²) in [6.45, 7) is 6.20. The number of nitrogens with zero attached hydrogens (tertiary/aromatic N) is 1. The molecular weight excluding hydrogens is 308 g/mol. The summed E-state index contributed by atoms with van der Waals surface area (Å²) in [6.07, 6.45) is 5.53. The molecule has 0 aliphatic carbocycles. The van der Waals surface area contributed by atoms with Crippen LogP contribution in [0.3, 0.4) is 0 Å². The van der Waals surface area contributed by atoms with Gasteiger partial charge in [-0.1, -0.05) is 13.8 Å². The van der Waals surface area contributed by atoms with Gasteiger partial charge in [-0.05, 0) is 18.9 Å². The second-order valence-electron chi connectivity index (χ2n) is 4.52. The van der Waals surface area contributed by atoms with Crippen molar-refractivity contribution < 1.29 is 36.0 Å². The standard InChI is InChI=1S/C15H24N2O4.ClH/c1-3-8-19-12-17-7-5-6-14(10-17)15(18)16-11-21-13-20-9-4-2;/h5-7,10H,3-4,8-9,11-13H2,1-2H3;1H. The van der Waals surface area contributed by atoms with Crippen molar-refractivity contribution in [1.29, 1.82) is 0 Å². The Kier molecular flexibility index (Phi) is 12.7. The van der Waals surface area contributed by atoms with Gasteiger partial charge in [0.1, 0.15) is 19.1 Å². The highest BCUT2D eigenvalue weighted by Gasteiger charge is 2.10. The molecule has 0 spiro atoms. The van der Waals surface area contributed by atoms with Crippen LogP contribution in [0.5, 0.6) is 0 Å².